The number of carbonyl (C=O) groups excluding carboxylic acids is 2. The third kappa shape index (κ3) is 10.5. The largest absolute Gasteiger partial charge is 0.423 e. The zero-order valence-electron chi connectivity index (χ0n) is 18.0. The molecule has 0 heterocycles. The number of para-hydroxylation sites is 2. The average molecular weight is 391 g/mol. The Balaban J connectivity index is 2.27. The third-order valence-electron chi connectivity index (χ3n) is 5.18. The summed E-state index contributed by atoms with van der Waals surface area (Å²) in [5, 5.41) is 0. The van der Waals surface area contributed by atoms with Crippen LogP contribution in [-0.2, 0) is 9.59 Å². The van der Waals surface area contributed by atoms with E-state index >= 15 is 0 Å². The van der Waals surface area contributed by atoms with Gasteiger partial charge in [-0.1, -0.05) is 84.3 Å². The van der Waals surface area contributed by atoms with E-state index in [1.165, 1.54) is 38.5 Å². The molecule has 0 aromatic heterocycles. The monoisotopic (exact) mass is 390 g/mol. The van der Waals surface area contributed by atoms with E-state index in [-0.39, 0.29) is 11.9 Å². The quantitative estimate of drug-likeness (QED) is 0.187. The zero-order valence-corrected chi connectivity index (χ0v) is 18.0. The number of esters is 2. The van der Waals surface area contributed by atoms with Gasteiger partial charge in [-0.15, -0.1) is 0 Å². The first kappa shape index (κ1) is 24.2. The molecule has 0 fully saturated rings. The number of carbonyl (C=O) groups is 2. The zero-order chi connectivity index (χ0) is 20.6. The number of ether oxygens (including phenoxy) is 2. The van der Waals surface area contributed by atoms with Crippen LogP contribution in [0, 0.1) is 5.92 Å². The maximum atomic E-state index is 12.1. The van der Waals surface area contributed by atoms with Crippen molar-refractivity contribution in [3.63, 3.8) is 0 Å². The van der Waals surface area contributed by atoms with Crippen LogP contribution in [0.25, 0.3) is 0 Å². The van der Waals surface area contributed by atoms with E-state index in [1.807, 2.05) is 6.92 Å². The molecular weight excluding hydrogens is 352 g/mol. The Bertz CT molecular complexity index is 563. The van der Waals surface area contributed by atoms with Gasteiger partial charge in [-0.05, 0) is 30.9 Å². The highest BCUT2D eigenvalue weighted by Gasteiger charge is 2.13. The Kier molecular flexibility index (Phi) is 13.1. The number of rotatable bonds is 15. The molecule has 4 heteroatoms. The third-order valence-corrected chi connectivity index (χ3v) is 5.18. The fraction of sp³-hybridized carbons (Fsp3) is 0.667. The van der Waals surface area contributed by atoms with Gasteiger partial charge in [0.15, 0.2) is 11.5 Å². The van der Waals surface area contributed by atoms with Crippen LogP contribution in [0.5, 0.6) is 11.5 Å². The van der Waals surface area contributed by atoms with Crippen LogP contribution in [-0.4, -0.2) is 11.9 Å². The number of hydrogen-bond donors (Lipinski definition) is 0. The smallest absolute Gasteiger partial charge is 0.311 e. The SMILES string of the molecule is CCCCC(=O)Oc1ccccc1OC(=O)CCCCCCCC(CC)CC. The van der Waals surface area contributed by atoms with Crippen LogP contribution in [0.4, 0.5) is 0 Å². The van der Waals surface area contributed by atoms with Crippen molar-refractivity contribution < 1.29 is 19.1 Å². The molecule has 0 aliphatic heterocycles. The van der Waals surface area contributed by atoms with Crippen molar-refractivity contribution in [2.24, 2.45) is 5.92 Å². The van der Waals surface area contributed by atoms with Gasteiger partial charge in [0.1, 0.15) is 0 Å². The van der Waals surface area contributed by atoms with Gasteiger partial charge in [0.2, 0.25) is 0 Å². The highest BCUT2D eigenvalue weighted by molar-refractivity contribution is 5.76. The van der Waals surface area contributed by atoms with Crippen LogP contribution >= 0.6 is 0 Å². The summed E-state index contributed by atoms with van der Waals surface area (Å²) < 4.78 is 10.8. The standard InChI is InChI=1S/C24H38O4/c1-4-7-18-23(25)27-21-16-13-14-17-22(21)28-24(26)19-12-10-8-9-11-15-20(5-2)6-3/h13-14,16-17,20H,4-12,15,18-19H2,1-3H3. The van der Waals surface area contributed by atoms with Crippen molar-refractivity contribution in [1.29, 1.82) is 0 Å². The van der Waals surface area contributed by atoms with Gasteiger partial charge in [0.25, 0.3) is 0 Å². The molecule has 158 valence electrons. The van der Waals surface area contributed by atoms with Crippen LogP contribution in [0.3, 0.4) is 0 Å². The van der Waals surface area contributed by atoms with E-state index in [0.29, 0.717) is 24.3 Å². The summed E-state index contributed by atoms with van der Waals surface area (Å²) in [6.45, 7) is 6.56. The summed E-state index contributed by atoms with van der Waals surface area (Å²) >= 11 is 0. The lowest BCUT2D eigenvalue weighted by Crippen LogP contribution is -2.11. The normalized spacial score (nSPS) is 10.9. The second kappa shape index (κ2) is 15.1. The van der Waals surface area contributed by atoms with E-state index in [1.54, 1.807) is 24.3 Å². The summed E-state index contributed by atoms with van der Waals surface area (Å²) in [6, 6.07) is 6.86. The second-order valence-corrected chi connectivity index (χ2v) is 7.49. The second-order valence-electron chi connectivity index (χ2n) is 7.49. The molecule has 0 saturated carbocycles. The van der Waals surface area contributed by atoms with E-state index in [9.17, 15) is 9.59 Å². The number of benzene rings is 1. The molecule has 0 unspecified atom stereocenters. The van der Waals surface area contributed by atoms with Crippen molar-refractivity contribution >= 4 is 11.9 Å². The first-order valence-electron chi connectivity index (χ1n) is 11.1. The summed E-state index contributed by atoms with van der Waals surface area (Å²) in [7, 11) is 0. The molecule has 0 saturated heterocycles. The van der Waals surface area contributed by atoms with Gasteiger partial charge in [-0.3, -0.25) is 9.59 Å². The fourth-order valence-electron chi connectivity index (χ4n) is 3.22. The topological polar surface area (TPSA) is 52.6 Å². The molecule has 1 aromatic rings. The van der Waals surface area contributed by atoms with Gasteiger partial charge in [0, 0.05) is 12.8 Å². The summed E-state index contributed by atoms with van der Waals surface area (Å²) in [6.07, 6.45) is 11.9. The van der Waals surface area contributed by atoms with Crippen molar-refractivity contribution in [3.05, 3.63) is 24.3 Å². The molecule has 0 radical (unpaired) electrons. The molecule has 0 aliphatic carbocycles. The Morgan fingerprint density at radius 3 is 1.79 bits per heavy atom. The lowest BCUT2D eigenvalue weighted by Gasteiger charge is -2.11. The van der Waals surface area contributed by atoms with Crippen LogP contribution in [0.1, 0.15) is 97.8 Å². The van der Waals surface area contributed by atoms with Gasteiger partial charge in [-0.2, -0.15) is 0 Å². The number of unbranched alkanes of at least 4 members (excludes halogenated alkanes) is 5. The van der Waals surface area contributed by atoms with E-state index in [0.717, 1.165) is 31.6 Å². The molecule has 0 aliphatic rings. The van der Waals surface area contributed by atoms with Crippen molar-refractivity contribution in [2.75, 3.05) is 0 Å². The van der Waals surface area contributed by atoms with Crippen LogP contribution in [0.2, 0.25) is 0 Å². The first-order valence-corrected chi connectivity index (χ1v) is 11.1. The number of hydrogen-bond acceptors (Lipinski definition) is 4. The predicted molar refractivity (Wildman–Crippen MR) is 114 cm³/mol. The molecule has 1 aromatic carbocycles. The van der Waals surface area contributed by atoms with E-state index in [2.05, 4.69) is 13.8 Å². The fourth-order valence-corrected chi connectivity index (χ4v) is 3.22. The van der Waals surface area contributed by atoms with Gasteiger partial charge in [0.05, 0.1) is 0 Å². The van der Waals surface area contributed by atoms with E-state index in [4.69, 9.17) is 9.47 Å². The van der Waals surface area contributed by atoms with Crippen LogP contribution < -0.4 is 9.47 Å². The lowest BCUT2D eigenvalue weighted by atomic mass is 9.96. The maximum Gasteiger partial charge on any atom is 0.311 e. The highest BCUT2D eigenvalue weighted by atomic mass is 16.6. The Morgan fingerprint density at radius 1 is 0.750 bits per heavy atom. The molecule has 0 N–H and O–H groups in total. The maximum absolute atomic E-state index is 12.1. The lowest BCUT2D eigenvalue weighted by molar-refractivity contribution is -0.137. The molecule has 0 amide bonds. The van der Waals surface area contributed by atoms with Crippen molar-refractivity contribution in [3.8, 4) is 11.5 Å². The predicted octanol–water partition coefficient (Wildman–Crippen LogP) is 6.85. The first-order chi connectivity index (χ1) is 13.6. The summed E-state index contributed by atoms with van der Waals surface area (Å²) in [5.41, 5.74) is 0. The minimum atomic E-state index is -0.293. The Morgan fingerprint density at radius 2 is 1.25 bits per heavy atom. The van der Waals surface area contributed by atoms with Crippen molar-refractivity contribution in [1.82, 2.24) is 0 Å². The van der Waals surface area contributed by atoms with Gasteiger partial charge >= 0.3 is 11.9 Å². The van der Waals surface area contributed by atoms with Gasteiger partial charge < -0.3 is 9.47 Å². The van der Waals surface area contributed by atoms with E-state index < -0.39 is 0 Å². The highest BCUT2D eigenvalue weighted by Crippen LogP contribution is 2.27. The average Bonchev–Trinajstić information content (AvgIpc) is 2.70. The molecule has 1 rings (SSSR count). The minimum absolute atomic E-state index is 0.269. The minimum Gasteiger partial charge on any atom is -0.423 e. The molecular formula is C24H38O4. The Labute approximate surface area is 171 Å². The van der Waals surface area contributed by atoms with Crippen molar-refractivity contribution in [2.45, 2.75) is 97.8 Å². The molecule has 28 heavy (non-hydrogen) atoms. The molecule has 0 bridgehead atoms. The molecule has 0 atom stereocenters. The summed E-state index contributed by atoms with van der Waals surface area (Å²) in [4.78, 5) is 23.9. The molecule has 0 spiro atoms. The van der Waals surface area contributed by atoms with Crippen LogP contribution in [0.15, 0.2) is 24.3 Å². The summed E-state index contributed by atoms with van der Waals surface area (Å²) in [5.74, 6) is 0.944. The Hall–Kier alpha value is -1.84. The van der Waals surface area contributed by atoms with Gasteiger partial charge in [-0.25, -0.2) is 0 Å². The molecule has 4 nitrogen and oxygen atoms in total.